The molecule has 0 radical (unpaired) electrons. The number of benzene rings is 10. The molecule has 11 rings (SSSR count). The van der Waals surface area contributed by atoms with Gasteiger partial charge in [-0.1, -0.05) is 178 Å². The topological polar surface area (TPSA) is 3.24 Å². The Labute approximate surface area is 327 Å². The van der Waals surface area contributed by atoms with E-state index in [1.165, 1.54) is 93.3 Å². The molecule has 0 saturated heterocycles. The van der Waals surface area contributed by atoms with Gasteiger partial charge in [-0.15, -0.1) is 0 Å². The quantitative estimate of drug-likeness (QED) is 0.161. The summed E-state index contributed by atoms with van der Waals surface area (Å²) in [6.45, 7) is 4.72. The Morgan fingerprint density at radius 2 is 0.893 bits per heavy atom. The van der Waals surface area contributed by atoms with Crippen LogP contribution in [0.5, 0.6) is 0 Å². The first-order chi connectivity index (χ1) is 27.5. The minimum atomic E-state index is -0.107. The molecule has 0 aliphatic heterocycles. The molecule has 0 N–H and O–H groups in total. The lowest BCUT2D eigenvalue weighted by Gasteiger charge is -2.30. The molecular formula is C55H39N. The second-order valence-corrected chi connectivity index (χ2v) is 15.7. The van der Waals surface area contributed by atoms with Crippen molar-refractivity contribution in [1.29, 1.82) is 0 Å². The Hall–Kier alpha value is -6.96. The van der Waals surface area contributed by atoms with E-state index in [-0.39, 0.29) is 5.41 Å². The minimum absolute atomic E-state index is 0.107. The fourth-order valence-electron chi connectivity index (χ4n) is 9.41. The van der Waals surface area contributed by atoms with Crippen molar-refractivity contribution in [1.82, 2.24) is 0 Å². The van der Waals surface area contributed by atoms with Gasteiger partial charge in [-0.2, -0.15) is 0 Å². The monoisotopic (exact) mass is 713 g/mol. The van der Waals surface area contributed by atoms with Gasteiger partial charge in [0.2, 0.25) is 0 Å². The number of nitrogens with zero attached hydrogens (tertiary/aromatic N) is 1. The Bertz CT molecular complexity index is 3170. The zero-order chi connectivity index (χ0) is 37.4. The number of anilines is 3. The van der Waals surface area contributed by atoms with Crippen LogP contribution in [0.4, 0.5) is 17.1 Å². The van der Waals surface area contributed by atoms with E-state index in [4.69, 9.17) is 0 Å². The molecular weight excluding hydrogens is 675 g/mol. The third-order valence-corrected chi connectivity index (χ3v) is 12.2. The fraction of sp³-hybridized carbons (Fsp3) is 0.0545. The van der Waals surface area contributed by atoms with Gasteiger partial charge >= 0.3 is 0 Å². The number of hydrogen-bond donors (Lipinski definition) is 0. The maximum atomic E-state index is 2.49. The van der Waals surface area contributed by atoms with Crippen molar-refractivity contribution in [2.75, 3.05) is 4.90 Å². The van der Waals surface area contributed by atoms with Crippen molar-refractivity contribution in [2.24, 2.45) is 0 Å². The second kappa shape index (κ2) is 12.5. The molecule has 1 nitrogen and oxygen atoms in total. The van der Waals surface area contributed by atoms with Gasteiger partial charge in [-0.05, 0) is 113 Å². The smallest absolute Gasteiger partial charge is 0.0543 e. The van der Waals surface area contributed by atoms with E-state index in [1.54, 1.807) is 0 Å². The van der Waals surface area contributed by atoms with Crippen LogP contribution in [0.1, 0.15) is 25.0 Å². The zero-order valence-corrected chi connectivity index (χ0v) is 31.5. The van der Waals surface area contributed by atoms with E-state index < -0.39 is 0 Å². The maximum Gasteiger partial charge on any atom is 0.0543 e. The van der Waals surface area contributed by atoms with Crippen LogP contribution < -0.4 is 4.90 Å². The molecule has 0 heterocycles. The van der Waals surface area contributed by atoms with E-state index in [1.807, 2.05) is 0 Å². The van der Waals surface area contributed by atoms with Crippen molar-refractivity contribution in [2.45, 2.75) is 19.3 Å². The average molecular weight is 714 g/mol. The van der Waals surface area contributed by atoms with Gasteiger partial charge in [0.1, 0.15) is 0 Å². The minimum Gasteiger partial charge on any atom is -0.309 e. The summed E-state index contributed by atoms with van der Waals surface area (Å²) in [6, 6.07) is 74.0. The Kier molecular flexibility index (Phi) is 7.28. The lowest BCUT2D eigenvalue weighted by atomic mass is 9.82. The molecule has 0 bridgehead atoms. The van der Waals surface area contributed by atoms with Gasteiger partial charge < -0.3 is 4.90 Å². The molecule has 264 valence electrons. The summed E-state index contributed by atoms with van der Waals surface area (Å²) in [5, 5.41) is 10.2. The average Bonchev–Trinajstić information content (AvgIpc) is 3.50. The first kappa shape index (κ1) is 32.5. The molecule has 1 aliphatic carbocycles. The van der Waals surface area contributed by atoms with Crippen LogP contribution in [0.3, 0.4) is 0 Å². The van der Waals surface area contributed by atoms with Gasteiger partial charge in [0.25, 0.3) is 0 Å². The van der Waals surface area contributed by atoms with Gasteiger partial charge in [-0.25, -0.2) is 0 Å². The summed E-state index contributed by atoms with van der Waals surface area (Å²) in [6.07, 6.45) is 0. The Morgan fingerprint density at radius 3 is 1.73 bits per heavy atom. The molecule has 1 heteroatoms. The van der Waals surface area contributed by atoms with Gasteiger partial charge in [0, 0.05) is 22.2 Å². The molecule has 1 aliphatic rings. The zero-order valence-electron chi connectivity index (χ0n) is 31.5. The van der Waals surface area contributed by atoms with E-state index in [9.17, 15) is 0 Å². The van der Waals surface area contributed by atoms with Crippen LogP contribution in [0.15, 0.2) is 200 Å². The molecule has 0 unspecified atom stereocenters. The van der Waals surface area contributed by atoms with E-state index in [0.29, 0.717) is 0 Å². The SMILES string of the molecule is CC1(C)c2ccccc2-c2c(N(c3ccc(-c4ccc5c(ccc6c7ccccc7ccc56)c4)cc3)c3ccccc3-c3ccc4ccccc4c3)cccc21. The highest BCUT2D eigenvalue weighted by Gasteiger charge is 2.37. The summed E-state index contributed by atoms with van der Waals surface area (Å²) in [4.78, 5) is 2.49. The fourth-order valence-corrected chi connectivity index (χ4v) is 9.41. The number of rotatable bonds is 5. The predicted molar refractivity (Wildman–Crippen MR) is 240 cm³/mol. The van der Waals surface area contributed by atoms with Crippen LogP contribution in [0, 0.1) is 0 Å². The highest BCUT2D eigenvalue weighted by molar-refractivity contribution is 6.17. The molecule has 56 heavy (non-hydrogen) atoms. The van der Waals surface area contributed by atoms with E-state index >= 15 is 0 Å². The van der Waals surface area contributed by atoms with Crippen LogP contribution in [-0.4, -0.2) is 0 Å². The summed E-state index contributed by atoms with van der Waals surface area (Å²) in [5.74, 6) is 0. The molecule has 0 saturated carbocycles. The summed E-state index contributed by atoms with van der Waals surface area (Å²) < 4.78 is 0. The van der Waals surface area contributed by atoms with E-state index in [2.05, 4.69) is 219 Å². The standard InChI is InChI=1S/C55H39N/c1-55(2)50-18-9-7-17-49(50)54-51(55)19-11-21-53(54)56(52-20-10-8-16-46(52)42-23-22-36-12-3-4-14-39(36)34-42)43-29-24-37(25-30-43)40-27-31-45-41(35-40)28-33-47-44-15-6-5-13-38(44)26-32-48(45)47/h3-35H,1-2H3. The van der Waals surface area contributed by atoms with Gasteiger partial charge in [0.15, 0.2) is 0 Å². The molecule has 0 spiro atoms. The Balaban J connectivity index is 1.07. The predicted octanol–water partition coefficient (Wildman–Crippen LogP) is 15.4. The van der Waals surface area contributed by atoms with Crippen molar-refractivity contribution in [3.05, 3.63) is 211 Å². The second-order valence-electron chi connectivity index (χ2n) is 15.7. The Morgan fingerprint density at radius 1 is 0.339 bits per heavy atom. The van der Waals surface area contributed by atoms with Crippen molar-refractivity contribution in [3.63, 3.8) is 0 Å². The number of fused-ring (bicyclic) bond motifs is 9. The third-order valence-electron chi connectivity index (χ3n) is 12.2. The third kappa shape index (κ3) is 5.01. The molecule has 0 amide bonds. The molecule has 0 atom stereocenters. The van der Waals surface area contributed by atoms with Crippen LogP contribution in [0.2, 0.25) is 0 Å². The first-order valence-electron chi connectivity index (χ1n) is 19.6. The highest BCUT2D eigenvalue weighted by atomic mass is 15.1. The van der Waals surface area contributed by atoms with Crippen molar-refractivity contribution < 1.29 is 0 Å². The molecule has 0 fully saturated rings. The first-order valence-corrected chi connectivity index (χ1v) is 19.6. The molecule has 0 aromatic heterocycles. The maximum absolute atomic E-state index is 2.49. The molecule has 10 aromatic carbocycles. The number of para-hydroxylation sites is 1. The summed E-state index contributed by atoms with van der Waals surface area (Å²) in [5.41, 5.74) is 13.5. The van der Waals surface area contributed by atoms with Gasteiger partial charge in [0.05, 0.1) is 11.4 Å². The largest absolute Gasteiger partial charge is 0.309 e. The lowest BCUT2D eigenvalue weighted by Crippen LogP contribution is -2.16. The summed E-state index contributed by atoms with van der Waals surface area (Å²) in [7, 11) is 0. The van der Waals surface area contributed by atoms with Crippen molar-refractivity contribution >= 4 is 60.2 Å². The number of hydrogen-bond acceptors (Lipinski definition) is 1. The normalized spacial score (nSPS) is 13.0. The van der Waals surface area contributed by atoms with Crippen LogP contribution >= 0.6 is 0 Å². The van der Waals surface area contributed by atoms with Crippen molar-refractivity contribution in [3.8, 4) is 33.4 Å². The molecule has 10 aromatic rings. The van der Waals surface area contributed by atoms with E-state index in [0.717, 1.165) is 11.4 Å². The summed E-state index contributed by atoms with van der Waals surface area (Å²) >= 11 is 0. The highest BCUT2D eigenvalue weighted by Crippen LogP contribution is 2.55. The van der Waals surface area contributed by atoms with Gasteiger partial charge in [-0.3, -0.25) is 0 Å². The van der Waals surface area contributed by atoms with Crippen LogP contribution in [0.25, 0.3) is 76.5 Å². The van der Waals surface area contributed by atoms with Crippen LogP contribution in [-0.2, 0) is 5.41 Å². The lowest BCUT2D eigenvalue weighted by molar-refractivity contribution is 0.660.